The van der Waals surface area contributed by atoms with Crippen LogP contribution in [0, 0.1) is 5.92 Å². The standard InChI is InChI=1S/C16H23ClN2O3/c1-11-4-6-19(7-5-11)9-13(20)10-22-15-3-2-12(17)8-14(15)16(18)21/h2-3,8,11,13,20H,4-7,9-10H2,1H3,(H2,18,21). The van der Waals surface area contributed by atoms with Crippen LogP contribution in [0.3, 0.4) is 0 Å². The van der Waals surface area contributed by atoms with Gasteiger partial charge in [-0.05, 0) is 50.0 Å². The van der Waals surface area contributed by atoms with Gasteiger partial charge in [-0.15, -0.1) is 0 Å². The van der Waals surface area contributed by atoms with Crippen LogP contribution < -0.4 is 10.5 Å². The molecule has 1 aliphatic rings. The molecular weight excluding hydrogens is 304 g/mol. The molecule has 122 valence electrons. The van der Waals surface area contributed by atoms with E-state index >= 15 is 0 Å². The van der Waals surface area contributed by atoms with Crippen molar-refractivity contribution in [3.8, 4) is 5.75 Å². The average Bonchev–Trinajstić information content (AvgIpc) is 2.48. The van der Waals surface area contributed by atoms with E-state index < -0.39 is 12.0 Å². The summed E-state index contributed by atoms with van der Waals surface area (Å²) in [6.45, 7) is 4.96. The number of primary amides is 1. The highest BCUT2D eigenvalue weighted by Gasteiger charge is 2.19. The van der Waals surface area contributed by atoms with Gasteiger partial charge in [0.25, 0.3) is 5.91 Å². The molecule has 1 aliphatic heterocycles. The Kier molecular flexibility index (Phi) is 6.06. The molecule has 0 spiro atoms. The van der Waals surface area contributed by atoms with Crippen molar-refractivity contribution in [3.05, 3.63) is 28.8 Å². The van der Waals surface area contributed by atoms with Crippen molar-refractivity contribution >= 4 is 17.5 Å². The first kappa shape index (κ1) is 17.1. The number of aliphatic hydroxyl groups excluding tert-OH is 1. The Bertz CT molecular complexity index is 516. The molecule has 1 unspecified atom stereocenters. The average molecular weight is 327 g/mol. The molecule has 2 rings (SSSR count). The lowest BCUT2D eigenvalue weighted by Gasteiger charge is -2.31. The minimum atomic E-state index is -0.607. The third-order valence-electron chi connectivity index (χ3n) is 3.98. The van der Waals surface area contributed by atoms with Crippen molar-refractivity contribution < 1.29 is 14.6 Å². The molecular formula is C16H23ClN2O3. The van der Waals surface area contributed by atoms with Gasteiger partial charge in [-0.3, -0.25) is 4.79 Å². The van der Waals surface area contributed by atoms with Gasteiger partial charge in [0.15, 0.2) is 0 Å². The molecule has 0 bridgehead atoms. The second kappa shape index (κ2) is 7.81. The second-order valence-corrected chi connectivity index (χ2v) is 6.39. The van der Waals surface area contributed by atoms with E-state index in [4.69, 9.17) is 22.1 Å². The van der Waals surface area contributed by atoms with Gasteiger partial charge in [0.1, 0.15) is 18.5 Å². The van der Waals surface area contributed by atoms with Crippen LogP contribution in [0.4, 0.5) is 0 Å². The summed E-state index contributed by atoms with van der Waals surface area (Å²) in [7, 11) is 0. The molecule has 0 saturated carbocycles. The number of hydrogen-bond donors (Lipinski definition) is 2. The zero-order valence-corrected chi connectivity index (χ0v) is 13.6. The third-order valence-corrected chi connectivity index (χ3v) is 4.22. The van der Waals surface area contributed by atoms with Crippen molar-refractivity contribution in [2.45, 2.75) is 25.9 Å². The van der Waals surface area contributed by atoms with E-state index in [9.17, 15) is 9.90 Å². The fourth-order valence-corrected chi connectivity index (χ4v) is 2.77. The first-order valence-electron chi connectivity index (χ1n) is 7.58. The Labute approximate surface area is 136 Å². The van der Waals surface area contributed by atoms with Crippen LogP contribution in [-0.2, 0) is 0 Å². The molecule has 0 aliphatic carbocycles. The van der Waals surface area contributed by atoms with E-state index in [2.05, 4.69) is 11.8 Å². The summed E-state index contributed by atoms with van der Waals surface area (Å²) in [5, 5.41) is 10.5. The summed E-state index contributed by atoms with van der Waals surface area (Å²) in [5.74, 6) is 0.511. The number of rotatable bonds is 6. The number of halogens is 1. The molecule has 6 heteroatoms. The number of carbonyl (C=O) groups is 1. The number of aliphatic hydroxyl groups is 1. The van der Waals surface area contributed by atoms with Gasteiger partial charge in [-0.2, -0.15) is 0 Å². The Morgan fingerprint density at radius 3 is 2.82 bits per heavy atom. The van der Waals surface area contributed by atoms with Crippen LogP contribution in [-0.4, -0.2) is 48.3 Å². The number of hydrogen-bond acceptors (Lipinski definition) is 4. The Balaban J connectivity index is 1.86. The fraction of sp³-hybridized carbons (Fsp3) is 0.562. The lowest BCUT2D eigenvalue weighted by molar-refractivity contribution is 0.0558. The van der Waals surface area contributed by atoms with E-state index in [-0.39, 0.29) is 12.2 Å². The van der Waals surface area contributed by atoms with Crippen LogP contribution in [0.15, 0.2) is 18.2 Å². The third kappa shape index (κ3) is 4.87. The van der Waals surface area contributed by atoms with Gasteiger partial charge in [-0.25, -0.2) is 0 Å². The molecule has 1 atom stereocenters. The fourth-order valence-electron chi connectivity index (χ4n) is 2.60. The highest BCUT2D eigenvalue weighted by Crippen LogP contribution is 2.23. The number of benzene rings is 1. The molecule has 3 N–H and O–H groups in total. The molecule has 1 aromatic rings. The van der Waals surface area contributed by atoms with Crippen LogP contribution in [0.5, 0.6) is 5.75 Å². The van der Waals surface area contributed by atoms with Gasteiger partial charge < -0.3 is 20.5 Å². The summed E-state index contributed by atoms with van der Waals surface area (Å²) >= 11 is 5.84. The number of likely N-dealkylation sites (tertiary alicyclic amines) is 1. The summed E-state index contributed by atoms with van der Waals surface area (Å²) in [6.07, 6.45) is 1.72. The quantitative estimate of drug-likeness (QED) is 0.837. The topological polar surface area (TPSA) is 75.8 Å². The van der Waals surface area contributed by atoms with Crippen molar-refractivity contribution in [1.29, 1.82) is 0 Å². The molecule has 1 fully saturated rings. The molecule has 1 saturated heterocycles. The minimum absolute atomic E-state index is 0.119. The lowest BCUT2D eigenvalue weighted by atomic mass is 9.99. The van der Waals surface area contributed by atoms with Crippen molar-refractivity contribution in [3.63, 3.8) is 0 Å². The largest absolute Gasteiger partial charge is 0.490 e. The van der Waals surface area contributed by atoms with E-state index in [0.717, 1.165) is 31.8 Å². The predicted molar refractivity (Wildman–Crippen MR) is 86.3 cm³/mol. The van der Waals surface area contributed by atoms with Crippen molar-refractivity contribution in [2.75, 3.05) is 26.2 Å². The zero-order valence-electron chi connectivity index (χ0n) is 12.8. The maximum absolute atomic E-state index is 11.4. The molecule has 1 heterocycles. The number of carbonyl (C=O) groups excluding carboxylic acids is 1. The van der Waals surface area contributed by atoms with Crippen molar-refractivity contribution in [1.82, 2.24) is 4.90 Å². The molecule has 1 amide bonds. The SMILES string of the molecule is CC1CCN(CC(O)COc2ccc(Cl)cc2C(N)=O)CC1. The van der Waals surface area contributed by atoms with Crippen LogP contribution in [0.2, 0.25) is 5.02 Å². The molecule has 1 aromatic carbocycles. The van der Waals surface area contributed by atoms with E-state index in [1.54, 1.807) is 12.1 Å². The smallest absolute Gasteiger partial charge is 0.252 e. The van der Waals surface area contributed by atoms with Gasteiger partial charge in [0, 0.05) is 11.6 Å². The number of amides is 1. The van der Waals surface area contributed by atoms with Gasteiger partial charge in [0.05, 0.1) is 5.56 Å². The first-order valence-corrected chi connectivity index (χ1v) is 7.96. The predicted octanol–water partition coefficient (Wildman–Crippen LogP) is 1.91. The lowest BCUT2D eigenvalue weighted by Crippen LogP contribution is -2.40. The summed E-state index contributed by atoms with van der Waals surface area (Å²) in [6, 6.07) is 4.69. The van der Waals surface area contributed by atoms with Gasteiger partial charge in [0.2, 0.25) is 0 Å². The van der Waals surface area contributed by atoms with E-state index in [1.807, 2.05) is 0 Å². The number of nitrogens with zero attached hydrogens (tertiary/aromatic N) is 1. The van der Waals surface area contributed by atoms with Crippen molar-refractivity contribution in [2.24, 2.45) is 11.7 Å². The molecule has 0 aromatic heterocycles. The summed E-state index contributed by atoms with van der Waals surface area (Å²) < 4.78 is 5.54. The number of ether oxygens (including phenoxy) is 1. The van der Waals surface area contributed by atoms with Crippen LogP contribution >= 0.6 is 11.6 Å². The minimum Gasteiger partial charge on any atom is -0.490 e. The Morgan fingerprint density at radius 1 is 1.50 bits per heavy atom. The highest BCUT2D eigenvalue weighted by molar-refractivity contribution is 6.31. The van der Waals surface area contributed by atoms with Gasteiger partial charge >= 0.3 is 0 Å². The summed E-state index contributed by atoms with van der Waals surface area (Å²) in [5.41, 5.74) is 5.53. The monoisotopic (exact) mass is 326 g/mol. The number of piperidine rings is 1. The normalized spacial score (nSPS) is 18.1. The summed E-state index contributed by atoms with van der Waals surface area (Å²) in [4.78, 5) is 13.6. The molecule has 22 heavy (non-hydrogen) atoms. The first-order chi connectivity index (χ1) is 10.5. The van der Waals surface area contributed by atoms with E-state index in [1.165, 1.54) is 6.07 Å². The van der Waals surface area contributed by atoms with Gasteiger partial charge in [-0.1, -0.05) is 18.5 Å². The van der Waals surface area contributed by atoms with Crippen LogP contribution in [0.25, 0.3) is 0 Å². The second-order valence-electron chi connectivity index (χ2n) is 5.95. The Hall–Kier alpha value is -1.30. The molecule has 5 nitrogen and oxygen atoms in total. The highest BCUT2D eigenvalue weighted by atomic mass is 35.5. The maximum atomic E-state index is 11.4. The maximum Gasteiger partial charge on any atom is 0.252 e. The zero-order chi connectivity index (χ0) is 16.1. The Morgan fingerprint density at radius 2 is 2.18 bits per heavy atom. The molecule has 0 radical (unpaired) electrons. The van der Waals surface area contributed by atoms with E-state index in [0.29, 0.717) is 17.3 Å². The number of β-amino-alcohol motifs (C(OH)–C–C–N with tert-alkyl or cyclic N) is 1. The number of nitrogens with two attached hydrogens (primary N) is 1. The van der Waals surface area contributed by atoms with Crippen LogP contribution in [0.1, 0.15) is 30.1 Å².